The second-order valence-corrected chi connectivity index (χ2v) is 13.0. The number of carbonyl (C=O) groups excluding carboxylic acids is 2. The lowest BCUT2D eigenvalue weighted by Gasteiger charge is -2.37. The SMILES string of the molecule is CCCCCCCCCCCCCC(=O)N([C@](CO)(C(=O)O)C(=O)CCCCCCCCCCCCC)P(=O)(O)O. The molecule has 0 aromatic rings. The number of ketones is 1. The Morgan fingerprint density at radius 2 is 0.902 bits per heavy atom. The number of aliphatic hydroxyl groups is 1. The third-order valence-electron chi connectivity index (χ3n) is 7.90. The van der Waals surface area contributed by atoms with E-state index in [4.69, 9.17) is 0 Å². The summed E-state index contributed by atoms with van der Waals surface area (Å²) >= 11 is 0. The normalized spacial score (nSPS) is 13.2. The number of amides is 1. The fourth-order valence-electron chi connectivity index (χ4n) is 5.33. The molecule has 9 nitrogen and oxygen atoms in total. The van der Waals surface area contributed by atoms with Crippen LogP contribution in [0.4, 0.5) is 0 Å². The molecule has 242 valence electrons. The highest BCUT2D eigenvalue weighted by Crippen LogP contribution is 2.47. The number of rotatable bonds is 29. The van der Waals surface area contributed by atoms with E-state index in [9.17, 15) is 38.9 Å². The minimum absolute atomic E-state index is 0.153. The Balaban J connectivity index is 4.77. The minimum atomic E-state index is -5.51. The van der Waals surface area contributed by atoms with Crippen LogP contribution in [0.15, 0.2) is 0 Å². The van der Waals surface area contributed by atoms with Gasteiger partial charge in [0.05, 0.1) is 6.61 Å². The summed E-state index contributed by atoms with van der Waals surface area (Å²) in [4.78, 5) is 58.1. The predicted octanol–water partition coefficient (Wildman–Crippen LogP) is 7.69. The molecule has 0 aromatic heterocycles. The molecule has 0 aliphatic rings. The molecule has 1 amide bonds. The van der Waals surface area contributed by atoms with Gasteiger partial charge in [0.1, 0.15) is 0 Å². The Hall–Kier alpha value is -1.28. The zero-order chi connectivity index (χ0) is 31.0. The second-order valence-electron chi connectivity index (χ2n) is 11.5. The summed E-state index contributed by atoms with van der Waals surface area (Å²) in [5, 5.41) is 19.9. The number of aliphatic carboxylic acids is 1. The Labute approximate surface area is 249 Å². The quantitative estimate of drug-likeness (QED) is 0.0384. The maximum Gasteiger partial charge on any atom is 0.433 e. The summed E-state index contributed by atoms with van der Waals surface area (Å²) in [5.41, 5.74) is -2.99. The third kappa shape index (κ3) is 16.8. The molecule has 0 radical (unpaired) electrons. The average molecular weight is 606 g/mol. The van der Waals surface area contributed by atoms with Crippen molar-refractivity contribution in [3.05, 3.63) is 0 Å². The summed E-state index contributed by atoms with van der Waals surface area (Å²) in [6.07, 6.45) is 22.0. The summed E-state index contributed by atoms with van der Waals surface area (Å²) in [6, 6.07) is 0. The molecule has 4 N–H and O–H groups in total. The van der Waals surface area contributed by atoms with E-state index >= 15 is 0 Å². The summed E-state index contributed by atoms with van der Waals surface area (Å²) in [6.45, 7) is 2.98. The van der Waals surface area contributed by atoms with Crippen LogP contribution in [0.3, 0.4) is 0 Å². The number of carboxylic acid groups (broad SMARTS) is 1. The number of carboxylic acids is 1. The predicted molar refractivity (Wildman–Crippen MR) is 164 cm³/mol. The van der Waals surface area contributed by atoms with Crippen LogP contribution in [0.2, 0.25) is 0 Å². The lowest BCUT2D eigenvalue weighted by molar-refractivity contribution is -0.163. The van der Waals surface area contributed by atoms with Crippen LogP contribution >= 0.6 is 7.75 Å². The van der Waals surface area contributed by atoms with Crippen molar-refractivity contribution in [2.45, 2.75) is 173 Å². The van der Waals surface area contributed by atoms with Crippen LogP contribution in [0.25, 0.3) is 0 Å². The largest absolute Gasteiger partial charge is 0.479 e. The van der Waals surface area contributed by atoms with Gasteiger partial charge in [0.25, 0.3) is 0 Å². The van der Waals surface area contributed by atoms with Crippen LogP contribution in [0, 0.1) is 0 Å². The van der Waals surface area contributed by atoms with Gasteiger partial charge in [0.2, 0.25) is 11.4 Å². The number of unbranched alkanes of at least 4 members (excludes halogenated alkanes) is 20. The number of aliphatic hydroxyl groups excluding tert-OH is 1. The van der Waals surface area contributed by atoms with Gasteiger partial charge in [0.15, 0.2) is 5.78 Å². The number of hydrogen-bond acceptors (Lipinski definition) is 5. The van der Waals surface area contributed by atoms with Crippen molar-refractivity contribution in [1.82, 2.24) is 4.67 Å². The molecule has 0 heterocycles. The second kappa shape index (κ2) is 24.2. The first-order valence-corrected chi connectivity index (χ1v) is 17.9. The monoisotopic (exact) mass is 605 g/mol. The highest BCUT2D eigenvalue weighted by Gasteiger charge is 2.58. The molecular weight excluding hydrogens is 545 g/mol. The number of carbonyl (C=O) groups is 3. The molecule has 0 aliphatic heterocycles. The molecule has 0 saturated heterocycles. The van der Waals surface area contributed by atoms with E-state index in [0.29, 0.717) is 25.7 Å². The smallest absolute Gasteiger partial charge is 0.433 e. The first kappa shape index (κ1) is 39.7. The standard InChI is InChI=1S/C31H60NO8P/c1-3-5-7-9-11-13-15-17-19-21-23-25-28(34)31(27-33,30(36)37)32(41(38,39)40)29(35)26-24-22-20-18-16-14-12-10-8-6-4-2/h33H,3-27H2,1-2H3,(H,36,37)(H2,38,39,40)/t31-/m0/s1. The van der Waals surface area contributed by atoms with Gasteiger partial charge in [-0.3, -0.25) is 9.59 Å². The van der Waals surface area contributed by atoms with Gasteiger partial charge in [-0.05, 0) is 12.8 Å². The molecule has 0 aromatic carbocycles. The van der Waals surface area contributed by atoms with Crippen LogP contribution in [-0.4, -0.2) is 54.5 Å². The molecular formula is C31H60NO8P. The maximum atomic E-state index is 13.1. The molecule has 0 spiro atoms. The average Bonchev–Trinajstić information content (AvgIpc) is 2.92. The van der Waals surface area contributed by atoms with Crippen molar-refractivity contribution in [2.75, 3.05) is 6.61 Å². The minimum Gasteiger partial charge on any atom is -0.479 e. The first-order chi connectivity index (χ1) is 19.6. The van der Waals surface area contributed by atoms with E-state index in [1.54, 1.807) is 0 Å². The molecule has 41 heavy (non-hydrogen) atoms. The van der Waals surface area contributed by atoms with Crippen LogP contribution in [0.1, 0.15) is 168 Å². The van der Waals surface area contributed by atoms with Crippen LogP contribution in [0.5, 0.6) is 0 Å². The first-order valence-electron chi connectivity index (χ1n) is 16.4. The van der Waals surface area contributed by atoms with Gasteiger partial charge in [-0.1, -0.05) is 142 Å². The van der Waals surface area contributed by atoms with Crippen molar-refractivity contribution in [2.24, 2.45) is 0 Å². The topological polar surface area (TPSA) is 152 Å². The Morgan fingerprint density at radius 1 is 0.585 bits per heavy atom. The van der Waals surface area contributed by atoms with Crippen LogP contribution in [-0.2, 0) is 18.9 Å². The van der Waals surface area contributed by atoms with Gasteiger partial charge in [-0.25, -0.2) is 14.0 Å². The van der Waals surface area contributed by atoms with Gasteiger partial charge in [0, 0.05) is 12.8 Å². The molecule has 10 heteroatoms. The number of nitrogens with zero attached hydrogens (tertiary/aromatic N) is 1. The van der Waals surface area contributed by atoms with Crippen LogP contribution < -0.4 is 0 Å². The Kier molecular flexibility index (Phi) is 23.4. The molecule has 0 rings (SSSR count). The van der Waals surface area contributed by atoms with Crippen molar-refractivity contribution in [3.8, 4) is 0 Å². The molecule has 0 saturated carbocycles. The molecule has 0 unspecified atom stereocenters. The van der Waals surface area contributed by atoms with Gasteiger partial charge in [-0.2, -0.15) is 0 Å². The summed E-state index contributed by atoms with van der Waals surface area (Å²) in [5.74, 6) is -4.11. The fraction of sp³-hybridized carbons (Fsp3) is 0.903. The van der Waals surface area contributed by atoms with E-state index in [1.165, 1.54) is 64.2 Å². The fourth-order valence-corrected chi connectivity index (χ4v) is 6.43. The van der Waals surface area contributed by atoms with E-state index in [2.05, 4.69) is 13.8 Å². The lowest BCUT2D eigenvalue weighted by atomic mass is 9.90. The highest BCUT2D eigenvalue weighted by atomic mass is 31.2. The zero-order valence-corrected chi connectivity index (χ0v) is 26.9. The van der Waals surface area contributed by atoms with E-state index in [-0.39, 0.29) is 17.5 Å². The molecule has 0 fully saturated rings. The number of hydrogen-bond donors (Lipinski definition) is 4. The van der Waals surface area contributed by atoms with Crippen molar-refractivity contribution >= 4 is 25.4 Å². The summed E-state index contributed by atoms with van der Waals surface area (Å²) in [7, 11) is -5.51. The van der Waals surface area contributed by atoms with Crippen molar-refractivity contribution in [3.63, 3.8) is 0 Å². The van der Waals surface area contributed by atoms with E-state index in [0.717, 1.165) is 51.4 Å². The van der Waals surface area contributed by atoms with Gasteiger partial charge >= 0.3 is 13.7 Å². The third-order valence-corrected chi connectivity index (χ3v) is 8.99. The van der Waals surface area contributed by atoms with E-state index < -0.39 is 37.6 Å². The molecule has 0 bridgehead atoms. The van der Waals surface area contributed by atoms with Crippen molar-refractivity contribution < 1.29 is 38.9 Å². The maximum absolute atomic E-state index is 13.1. The Bertz CT molecular complexity index is 756. The van der Waals surface area contributed by atoms with Gasteiger partial charge < -0.3 is 20.0 Å². The molecule has 0 aliphatic carbocycles. The van der Waals surface area contributed by atoms with Gasteiger partial charge in [-0.15, -0.1) is 0 Å². The van der Waals surface area contributed by atoms with Crippen molar-refractivity contribution in [1.29, 1.82) is 0 Å². The zero-order valence-electron chi connectivity index (χ0n) is 26.0. The number of Topliss-reactive ketones (excluding diaryl/α,β-unsaturated/α-hetero) is 1. The molecule has 1 atom stereocenters. The van der Waals surface area contributed by atoms with E-state index in [1.807, 2.05) is 0 Å². The summed E-state index contributed by atoms with van der Waals surface area (Å²) < 4.78 is 12.2. The highest BCUT2D eigenvalue weighted by molar-refractivity contribution is 7.50. The Morgan fingerprint density at radius 3 is 1.20 bits per heavy atom. The lowest BCUT2D eigenvalue weighted by Crippen LogP contribution is -2.63.